The summed E-state index contributed by atoms with van der Waals surface area (Å²) in [6.07, 6.45) is 3.35. The van der Waals surface area contributed by atoms with Gasteiger partial charge in [-0.15, -0.1) is 0 Å². The average Bonchev–Trinajstić information content (AvgIpc) is 2.31. The van der Waals surface area contributed by atoms with E-state index >= 15 is 0 Å². The van der Waals surface area contributed by atoms with Crippen LogP contribution >= 0.6 is 0 Å². The SMILES string of the molecule is Cn1ccc(=O)n(CC2CCOCC2)c1=O. The Kier molecular flexibility index (Phi) is 3.24. The largest absolute Gasteiger partial charge is 0.381 e. The molecule has 0 aromatic carbocycles. The number of hydrogen-bond acceptors (Lipinski definition) is 3. The Balaban J connectivity index is 2.23. The van der Waals surface area contributed by atoms with Crippen LogP contribution in [-0.4, -0.2) is 22.3 Å². The van der Waals surface area contributed by atoms with Crippen LogP contribution in [-0.2, 0) is 18.3 Å². The summed E-state index contributed by atoms with van der Waals surface area (Å²) in [5, 5.41) is 0. The minimum absolute atomic E-state index is 0.213. The van der Waals surface area contributed by atoms with Gasteiger partial charge in [-0.1, -0.05) is 0 Å². The van der Waals surface area contributed by atoms with Gasteiger partial charge in [-0.3, -0.25) is 9.36 Å². The normalized spacial score (nSPS) is 17.6. The highest BCUT2D eigenvalue weighted by Crippen LogP contribution is 2.15. The predicted molar refractivity (Wildman–Crippen MR) is 59.5 cm³/mol. The molecule has 0 unspecified atom stereocenters. The second-order valence-electron chi connectivity index (χ2n) is 4.21. The lowest BCUT2D eigenvalue weighted by Crippen LogP contribution is -2.40. The number of nitrogens with zero attached hydrogens (tertiary/aromatic N) is 2. The van der Waals surface area contributed by atoms with Crippen LogP contribution in [0.4, 0.5) is 0 Å². The Morgan fingerprint density at radius 3 is 2.75 bits per heavy atom. The zero-order valence-corrected chi connectivity index (χ0v) is 9.39. The van der Waals surface area contributed by atoms with E-state index in [1.54, 1.807) is 7.05 Å². The maximum absolute atomic E-state index is 11.8. The maximum atomic E-state index is 11.8. The van der Waals surface area contributed by atoms with Crippen molar-refractivity contribution in [1.29, 1.82) is 0 Å². The second-order valence-corrected chi connectivity index (χ2v) is 4.21. The first kappa shape index (κ1) is 11.1. The Hall–Kier alpha value is -1.36. The molecule has 1 aliphatic rings. The Morgan fingerprint density at radius 1 is 1.38 bits per heavy atom. The monoisotopic (exact) mass is 224 g/mol. The van der Waals surface area contributed by atoms with Crippen LogP contribution in [0.5, 0.6) is 0 Å². The number of ether oxygens (including phenoxy) is 1. The highest BCUT2D eigenvalue weighted by Gasteiger charge is 2.16. The molecule has 0 radical (unpaired) electrons. The van der Waals surface area contributed by atoms with E-state index in [-0.39, 0.29) is 11.2 Å². The van der Waals surface area contributed by atoms with Crippen molar-refractivity contribution < 1.29 is 4.74 Å². The first-order valence-corrected chi connectivity index (χ1v) is 5.52. The number of rotatable bonds is 2. The molecule has 2 heterocycles. The van der Waals surface area contributed by atoms with Crippen molar-refractivity contribution in [3.05, 3.63) is 33.1 Å². The van der Waals surface area contributed by atoms with Crippen molar-refractivity contribution >= 4 is 0 Å². The summed E-state index contributed by atoms with van der Waals surface area (Å²) in [5.74, 6) is 0.376. The lowest BCUT2D eigenvalue weighted by atomic mass is 10.0. The van der Waals surface area contributed by atoms with Crippen LogP contribution in [0.1, 0.15) is 12.8 Å². The van der Waals surface area contributed by atoms with Crippen LogP contribution < -0.4 is 11.2 Å². The molecule has 1 aromatic rings. The molecule has 1 aromatic heterocycles. The molecule has 5 heteroatoms. The molecule has 88 valence electrons. The summed E-state index contributed by atoms with van der Waals surface area (Å²) in [4.78, 5) is 23.3. The molecule has 0 atom stereocenters. The van der Waals surface area contributed by atoms with Crippen LogP contribution in [0.25, 0.3) is 0 Å². The summed E-state index contributed by atoms with van der Waals surface area (Å²) >= 11 is 0. The molecule has 1 aliphatic heterocycles. The molecule has 2 rings (SSSR count). The van der Waals surface area contributed by atoms with E-state index in [9.17, 15) is 9.59 Å². The van der Waals surface area contributed by atoms with Crippen molar-refractivity contribution in [2.45, 2.75) is 19.4 Å². The first-order chi connectivity index (χ1) is 7.68. The molecule has 1 saturated heterocycles. The van der Waals surface area contributed by atoms with Crippen LogP contribution in [0.15, 0.2) is 21.9 Å². The first-order valence-electron chi connectivity index (χ1n) is 5.52. The van der Waals surface area contributed by atoms with Gasteiger partial charge < -0.3 is 9.30 Å². The van der Waals surface area contributed by atoms with E-state index in [1.165, 1.54) is 21.4 Å². The lowest BCUT2D eigenvalue weighted by Gasteiger charge is -2.22. The lowest BCUT2D eigenvalue weighted by molar-refractivity contribution is 0.0604. The molecule has 16 heavy (non-hydrogen) atoms. The minimum Gasteiger partial charge on any atom is -0.381 e. The van der Waals surface area contributed by atoms with E-state index in [0.717, 1.165) is 26.1 Å². The maximum Gasteiger partial charge on any atom is 0.330 e. The standard InChI is InChI=1S/C11H16N2O3/c1-12-5-2-10(14)13(11(12)15)8-9-3-6-16-7-4-9/h2,5,9H,3-4,6-8H2,1H3. The molecule has 0 saturated carbocycles. The fourth-order valence-corrected chi connectivity index (χ4v) is 1.97. The predicted octanol–water partition coefficient (Wildman–Crippen LogP) is -0.0264. The molecule has 0 bridgehead atoms. The highest BCUT2D eigenvalue weighted by atomic mass is 16.5. The van der Waals surface area contributed by atoms with Crippen molar-refractivity contribution in [3.63, 3.8) is 0 Å². The molecule has 0 N–H and O–H groups in total. The smallest absolute Gasteiger partial charge is 0.330 e. The number of hydrogen-bond donors (Lipinski definition) is 0. The Labute approximate surface area is 93.3 Å². The molecule has 1 fully saturated rings. The fraction of sp³-hybridized carbons (Fsp3) is 0.636. The van der Waals surface area contributed by atoms with Crippen LogP contribution in [0.3, 0.4) is 0 Å². The minimum atomic E-state index is -0.237. The van der Waals surface area contributed by atoms with Crippen molar-refractivity contribution in [2.24, 2.45) is 13.0 Å². The van der Waals surface area contributed by atoms with Gasteiger partial charge in [-0.05, 0) is 18.8 Å². The van der Waals surface area contributed by atoms with Gasteiger partial charge in [0.15, 0.2) is 0 Å². The summed E-state index contributed by atoms with van der Waals surface area (Å²) < 4.78 is 8.00. The van der Waals surface area contributed by atoms with Crippen molar-refractivity contribution in [1.82, 2.24) is 9.13 Å². The zero-order valence-electron chi connectivity index (χ0n) is 9.39. The van der Waals surface area contributed by atoms with Crippen LogP contribution in [0, 0.1) is 5.92 Å². The molecule has 0 spiro atoms. The topological polar surface area (TPSA) is 53.2 Å². The molecule has 0 amide bonds. The number of aromatic nitrogens is 2. The molecular formula is C11H16N2O3. The average molecular weight is 224 g/mol. The summed E-state index contributed by atoms with van der Waals surface area (Å²) in [6, 6.07) is 1.43. The van der Waals surface area contributed by atoms with E-state index in [2.05, 4.69) is 0 Å². The van der Waals surface area contributed by atoms with Gasteiger partial charge in [-0.2, -0.15) is 0 Å². The summed E-state index contributed by atoms with van der Waals surface area (Å²) in [5.41, 5.74) is -0.450. The zero-order chi connectivity index (χ0) is 11.5. The molecule has 0 aliphatic carbocycles. The van der Waals surface area contributed by atoms with Gasteiger partial charge in [0.2, 0.25) is 0 Å². The summed E-state index contributed by atoms with van der Waals surface area (Å²) in [6.45, 7) is 1.97. The van der Waals surface area contributed by atoms with Crippen LogP contribution in [0.2, 0.25) is 0 Å². The van der Waals surface area contributed by atoms with Crippen molar-refractivity contribution in [2.75, 3.05) is 13.2 Å². The van der Waals surface area contributed by atoms with Gasteiger partial charge in [0.05, 0.1) is 0 Å². The van der Waals surface area contributed by atoms with Gasteiger partial charge >= 0.3 is 5.69 Å². The Bertz CT molecular complexity index is 469. The van der Waals surface area contributed by atoms with E-state index in [1.807, 2.05) is 0 Å². The molecular weight excluding hydrogens is 208 g/mol. The van der Waals surface area contributed by atoms with Gasteiger partial charge in [0.25, 0.3) is 5.56 Å². The van der Waals surface area contributed by atoms with Gasteiger partial charge in [-0.25, -0.2) is 4.79 Å². The molecule has 5 nitrogen and oxygen atoms in total. The third kappa shape index (κ3) is 2.24. The van der Waals surface area contributed by atoms with E-state index in [0.29, 0.717) is 12.5 Å². The Morgan fingerprint density at radius 2 is 2.06 bits per heavy atom. The fourth-order valence-electron chi connectivity index (χ4n) is 1.97. The third-order valence-electron chi connectivity index (χ3n) is 3.02. The van der Waals surface area contributed by atoms with E-state index in [4.69, 9.17) is 4.74 Å². The summed E-state index contributed by atoms with van der Waals surface area (Å²) in [7, 11) is 1.66. The van der Waals surface area contributed by atoms with Gasteiger partial charge in [0, 0.05) is 39.1 Å². The number of aryl methyl sites for hydroxylation is 1. The highest BCUT2D eigenvalue weighted by molar-refractivity contribution is 4.86. The quantitative estimate of drug-likeness (QED) is 0.709. The van der Waals surface area contributed by atoms with Crippen molar-refractivity contribution in [3.8, 4) is 0 Å². The van der Waals surface area contributed by atoms with Gasteiger partial charge in [0.1, 0.15) is 0 Å². The third-order valence-corrected chi connectivity index (χ3v) is 3.02. The van der Waals surface area contributed by atoms with E-state index < -0.39 is 0 Å². The second kappa shape index (κ2) is 4.65.